The molecule has 0 saturated heterocycles. The Bertz CT molecular complexity index is 729. The van der Waals surface area contributed by atoms with Gasteiger partial charge >= 0.3 is 0 Å². The fourth-order valence-corrected chi connectivity index (χ4v) is 3.78. The summed E-state index contributed by atoms with van der Waals surface area (Å²) >= 11 is 10.6. The molecule has 0 saturated carbocycles. The highest BCUT2D eigenvalue weighted by Crippen LogP contribution is 2.31. The number of H-pyrrole nitrogens is 1. The van der Waals surface area contributed by atoms with Crippen LogP contribution in [0, 0.1) is 0 Å². The molecule has 1 heterocycles. The summed E-state index contributed by atoms with van der Waals surface area (Å²) in [6.07, 6.45) is 3.01. The minimum Gasteiger partial charge on any atom is -0.360 e. The number of hydrogen-bond acceptors (Lipinski definition) is 0. The Labute approximate surface area is 136 Å². The van der Waals surface area contributed by atoms with Gasteiger partial charge in [0.25, 0.3) is 0 Å². The molecule has 0 amide bonds. The summed E-state index contributed by atoms with van der Waals surface area (Å²) in [6, 6.07) is 12.7. The third-order valence-electron chi connectivity index (χ3n) is 3.10. The molecule has 0 radical (unpaired) electrons. The molecule has 1 nitrogen and oxygen atoms in total. The van der Waals surface area contributed by atoms with Crippen molar-refractivity contribution < 1.29 is 0 Å². The van der Waals surface area contributed by atoms with E-state index in [0.29, 0.717) is 0 Å². The molecule has 1 N–H and O–H groups in total. The molecule has 0 unspecified atom stereocenters. The van der Waals surface area contributed by atoms with Gasteiger partial charge in [-0.2, -0.15) is 0 Å². The first-order valence-electron chi connectivity index (χ1n) is 5.83. The van der Waals surface area contributed by atoms with Crippen molar-refractivity contribution in [3.63, 3.8) is 0 Å². The van der Waals surface area contributed by atoms with Crippen LogP contribution in [-0.2, 0) is 6.42 Å². The zero-order valence-corrected chi connectivity index (χ0v) is 14.6. The van der Waals surface area contributed by atoms with Gasteiger partial charge in [0.15, 0.2) is 0 Å². The van der Waals surface area contributed by atoms with Gasteiger partial charge < -0.3 is 4.98 Å². The number of aromatic amines is 1. The van der Waals surface area contributed by atoms with Crippen LogP contribution < -0.4 is 0 Å². The van der Waals surface area contributed by atoms with Crippen LogP contribution in [0.4, 0.5) is 0 Å². The van der Waals surface area contributed by atoms with Crippen molar-refractivity contribution in [1.82, 2.24) is 4.98 Å². The topological polar surface area (TPSA) is 15.8 Å². The van der Waals surface area contributed by atoms with Crippen molar-refractivity contribution in [2.45, 2.75) is 6.42 Å². The Hall–Kier alpha value is -0.580. The van der Waals surface area contributed by atoms with Crippen LogP contribution in [0.3, 0.4) is 0 Å². The Kier molecular flexibility index (Phi) is 3.83. The zero-order valence-electron chi connectivity index (χ0n) is 9.88. The van der Waals surface area contributed by atoms with Crippen molar-refractivity contribution in [3.8, 4) is 0 Å². The minimum atomic E-state index is 0.927. The molecule has 0 spiro atoms. The Morgan fingerprint density at radius 2 is 1.63 bits per heavy atom. The zero-order chi connectivity index (χ0) is 13.4. The fraction of sp³-hybridized carbons (Fsp3) is 0.0667. The molecule has 0 aliphatic carbocycles. The highest BCUT2D eigenvalue weighted by Gasteiger charge is 2.08. The fourth-order valence-electron chi connectivity index (χ4n) is 2.18. The third-order valence-corrected chi connectivity index (χ3v) is 4.71. The number of hydrogen-bond donors (Lipinski definition) is 1. The van der Waals surface area contributed by atoms with Gasteiger partial charge in [-0.05, 0) is 57.7 Å². The maximum absolute atomic E-state index is 3.59. The van der Waals surface area contributed by atoms with Crippen molar-refractivity contribution in [3.05, 3.63) is 67.1 Å². The second-order valence-electron chi connectivity index (χ2n) is 4.43. The SMILES string of the molecule is Brc1ccc(Cc2c[nH]c3c(Br)cc(Br)cc23)cc1. The third kappa shape index (κ3) is 2.81. The first-order valence-corrected chi connectivity index (χ1v) is 8.21. The van der Waals surface area contributed by atoms with Crippen LogP contribution >= 0.6 is 47.8 Å². The summed E-state index contributed by atoms with van der Waals surface area (Å²) in [5, 5.41) is 1.25. The van der Waals surface area contributed by atoms with E-state index >= 15 is 0 Å². The van der Waals surface area contributed by atoms with E-state index in [-0.39, 0.29) is 0 Å². The molecule has 19 heavy (non-hydrogen) atoms. The largest absolute Gasteiger partial charge is 0.360 e. The summed E-state index contributed by atoms with van der Waals surface area (Å²) in [7, 11) is 0. The van der Waals surface area contributed by atoms with Crippen LogP contribution in [0.25, 0.3) is 10.9 Å². The van der Waals surface area contributed by atoms with E-state index in [9.17, 15) is 0 Å². The summed E-state index contributed by atoms with van der Waals surface area (Å²) in [6.45, 7) is 0. The molecular weight excluding hydrogens is 434 g/mol. The lowest BCUT2D eigenvalue weighted by molar-refractivity contribution is 1.20. The first kappa shape index (κ1) is 13.4. The van der Waals surface area contributed by atoms with Gasteiger partial charge in [-0.1, -0.05) is 44.0 Å². The molecule has 4 heteroatoms. The van der Waals surface area contributed by atoms with Crippen molar-refractivity contribution >= 4 is 58.7 Å². The number of aromatic nitrogens is 1. The Balaban J connectivity index is 2.03. The van der Waals surface area contributed by atoms with Gasteiger partial charge in [0.05, 0.1) is 5.52 Å². The van der Waals surface area contributed by atoms with Crippen LogP contribution in [0.15, 0.2) is 56.0 Å². The number of benzene rings is 2. The van der Waals surface area contributed by atoms with E-state index in [0.717, 1.165) is 25.4 Å². The number of halogens is 3. The van der Waals surface area contributed by atoms with Crippen LogP contribution in [0.2, 0.25) is 0 Å². The molecule has 0 bridgehead atoms. The van der Waals surface area contributed by atoms with Gasteiger partial charge in [-0.3, -0.25) is 0 Å². The maximum atomic E-state index is 3.59. The van der Waals surface area contributed by atoms with Gasteiger partial charge in [-0.25, -0.2) is 0 Å². The van der Waals surface area contributed by atoms with Gasteiger partial charge in [0.2, 0.25) is 0 Å². The van der Waals surface area contributed by atoms with E-state index in [4.69, 9.17) is 0 Å². The van der Waals surface area contributed by atoms with Gasteiger partial charge in [-0.15, -0.1) is 0 Å². The summed E-state index contributed by atoms with van der Waals surface area (Å²) in [5.74, 6) is 0. The normalized spacial score (nSPS) is 11.1. The van der Waals surface area contributed by atoms with Crippen molar-refractivity contribution in [1.29, 1.82) is 0 Å². The highest BCUT2D eigenvalue weighted by atomic mass is 79.9. The lowest BCUT2D eigenvalue weighted by atomic mass is 10.0. The van der Waals surface area contributed by atoms with E-state index in [1.54, 1.807) is 0 Å². The lowest BCUT2D eigenvalue weighted by Crippen LogP contribution is -1.86. The van der Waals surface area contributed by atoms with E-state index in [1.807, 2.05) is 0 Å². The average Bonchev–Trinajstić information content (AvgIpc) is 2.76. The first-order chi connectivity index (χ1) is 9.13. The monoisotopic (exact) mass is 441 g/mol. The smallest absolute Gasteiger partial charge is 0.0602 e. The molecular formula is C15H10Br3N. The van der Waals surface area contributed by atoms with Crippen molar-refractivity contribution in [2.75, 3.05) is 0 Å². The molecule has 1 aromatic heterocycles. The molecule has 96 valence electrons. The highest BCUT2D eigenvalue weighted by molar-refractivity contribution is 9.11. The summed E-state index contributed by atoms with van der Waals surface area (Å²) < 4.78 is 3.28. The standard InChI is InChI=1S/C15H10Br3N/c16-11-3-1-9(2-4-11)5-10-8-19-15-13(10)6-12(17)7-14(15)18/h1-4,6-8,19H,5H2. The lowest BCUT2D eigenvalue weighted by Gasteiger charge is -2.02. The van der Waals surface area contributed by atoms with Crippen LogP contribution in [0.5, 0.6) is 0 Å². The summed E-state index contributed by atoms with van der Waals surface area (Å²) in [5.41, 5.74) is 3.76. The van der Waals surface area contributed by atoms with Gasteiger partial charge in [0.1, 0.15) is 0 Å². The quantitative estimate of drug-likeness (QED) is 0.496. The number of rotatable bonds is 2. The Morgan fingerprint density at radius 3 is 2.37 bits per heavy atom. The van der Waals surface area contributed by atoms with E-state index < -0.39 is 0 Å². The average molecular weight is 444 g/mol. The predicted octanol–water partition coefficient (Wildman–Crippen LogP) is 6.05. The molecule has 0 fully saturated rings. The molecule has 3 rings (SSSR count). The van der Waals surface area contributed by atoms with Crippen LogP contribution in [0.1, 0.15) is 11.1 Å². The second-order valence-corrected chi connectivity index (χ2v) is 7.11. The van der Waals surface area contributed by atoms with Crippen molar-refractivity contribution in [2.24, 2.45) is 0 Å². The number of fused-ring (bicyclic) bond motifs is 1. The molecule has 0 atom stereocenters. The summed E-state index contributed by atoms with van der Waals surface area (Å²) in [4.78, 5) is 3.34. The minimum absolute atomic E-state index is 0.927. The molecule has 2 aromatic carbocycles. The predicted molar refractivity (Wildman–Crippen MR) is 90.6 cm³/mol. The van der Waals surface area contributed by atoms with E-state index in [2.05, 4.69) is 95.4 Å². The second kappa shape index (κ2) is 5.43. The molecule has 0 aliphatic rings. The van der Waals surface area contributed by atoms with Crippen LogP contribution in [-0.4, -0.2) is 4.98 Å². The molecule has 0 aliphatic heterocycles. The maximum Gasteiger partial charge on any atom is 0.0602 e. The van der Waals surface area contributed by atoms with E-state index in [1.165, 1.54) is 16.5 Å². The number of nitrogens with one attached hydrogen (secondary N) is 1. The van der Waals surface area contributed by atoms with Gasteiger partial charge in [0, 0.05) is 25.0 Å². The Morgan fingerprint density at radius 1 is 0.895 bits per heavy atom. The molecule has 3 aromatic rings.